The molecule has 3 heterocycles. The fraction of sp³-hybridized carbons (Fsp3) is 0.370. The lowest BCUT2D eigenvalue weighted by atomic mass is 9.93. The van der Waals surface area contributed by atoms with Gasteiger partial charge in [0.1, 0.15) is 23.8 Å². The average molecular weight is 538 g/mol. The number of nitrogens with zero attached hydrogens (tertiary/aromatic N) is 3. The third-order valence-corrected chi connectivity index (χ3v) is 7.43. The van der Waals surface area contributed by atoms with Crippen LogP contribution in [0.2, 0.25) is 0 Å². The molecular weight excluding hydrogens is 506 g/mol. The van der Waals surface area contributed by atoms with E-state index in [0.717, 1.165) is 5.56 Å². The van der Waals surface area contributed by atoms with Crippen molar-refractivity contribution in [2.24, 2.45) is 0 Å². The summed E-state index contributed by atoms with van der Waals surface area (Å²) in [5, 5.41) is 9.28. The summed E-state index contributed by atoms with van der Waals surface area (Å²) >= 11 is 0. The Kier molecular flexibility index (Phi) is 8.34. The highest BCUT2D eigenvalue weighted by molar-refractivity contribution is 7.91. The van der Waals surface area contributed by atoms with Crippen LogP contribution in [0.15, 0.2) is 53.2 Å². The Morgan fingerprint density at radius 2 is 1.82 bits per heavy atom. The fourth-order valence-electron chi connectivity index (χ4n) is 3.55. The third-order valence-electron chi connectivity index (χ3n) is 5.82. The molecule has 4 rings (SSSR count). The first kappa shape index (κ1) is 27.2. The van der Waals surface area contributed by atoms with E-state index >= 15 is 0 Å². The maximum atomic E-state index is 12.3. The van der Waals surface area contributed by atoms with E-state index in [4.69, 9.17) is 9.26 Å². The van der Waals surface area contributed by atoms with Crippen LogP contribution in [0.5, 0.6) is 5.75 Å². The number of hydrogen-bond donors (Lipinski definition) is 2. The van der Waals surface area contributed by atoms with Crippen molar-refractivity contribution in [1.29, 1.82) is 0 Å². The number of pyridine rings is 1. The standard InChI is InChI=1S/C27H31N5O5S/c1-27(2,3)24-18-25(31-37-24)30-26(33)29-22-8-5-20(6-9-22)4-7-21-10-11-23(19-28-21)36-15-12-32-13-16-38(34,35)17-14-32/h5-6,8-11,18-19H,12-17H2,1-3H3,(H2,29,30,31,33). The summed E-state index contributed by atoms with van der Waals surface area (Å²) in [5.74, 6) is 8.14. The summed E-state index contributed by atoms with van der Waals surface area (Å²) in [5.41, 5.74) is 1.78. The largest absolute Gasteiger partial charge is 0.491 e. The maximum Gasteiger partial charge on any atom is 0.324 e. The number of sulfone groups is 1. The molecule has 0 radical (unpaired) electrons. The molecule has 0 saturated carbocycles. The fourth-order valence-corrected chi connectivity index (χ4v) is 4.82. The molecule has 0 atom stereocenters. The van der Waals surface area contributed by atoms with Gasteiger partial charge >= 0.3 is 6.03 Å². The maximum absolute atomic E-state index is 12.3. The van der Waals surface area contributed by atoms with E-state index in [1.54, 1.807) is 42.6 Å². The molecule has 200 valence electrons. The van der Waals surface area contributed by atoms with Crippen LogP contribution in [0.1, 0.15) is 37.8 Å². The number of anilines is 2. The molecule has 1 fully saturated rings. The Bertz CT molecular complexity index is 1400. The lowest BCUT2D eigenvalue weighted by Gasteiger charge is -2.26. The molecule has 11 heteroatoms. The van der Waals surface area contributed by atoms with Gasteiger partial charge in [0, 0.05) is 42.4 Å². The first-order chi connectivity index (χ1) is 18.1. The lowest BCUT2D eigenvalue weighted by molar-refractivity contribution is 0.219. The summed E-state index contributed by atoms with van der Waals surface area (Å²) < 4.78 is 34.0. The number of ether oxygens (including phenoxy) is 1. The number of carbonyl (C=O) groups excluding carboxylic acids is 1. The first-order valence-electron chi connectivity index (χ1n) is 12.2. The Labute approximate surface area is 222 Å². The normalized spacial score (nSPS) is 15.2. The van der Waals surface area contributed by atoms with E-state index in [1.807, 2.05) is 26.8 Å². The van der Waals surface area contributed by atoms with Gasteiger partial charge in [-0.25, -0.2) is 18.2 Å². The summed E-state index contributed by atoms with van der Waals surface area (Å²) in [6, 6.07) is 12.0. The Morgan fingerprint density at radius 3 is 2.45 bits per heavy atom. The zero-order valence-electron chi connectivity index (χ0n) is 21.7. The molecule has 0 aliphatic carbocycles. The molecular formula is C27H31N5O5S. The smallest absolute Gasteiger partial charge is 0.324 e. The second-order valence-corrected chi connectivity index (χ2v) is 12.3. The number of benzene rings is 1. The van der Waals surface area contributed by atoms with Crippen molar-refractivity contribution in [3.05, 3.63) is 65.7 Å². The van der Waals surface area contributed by atoms with Gasteiger partial charge in [-0.15, -0.1) is 0 Å². The van der Waals surface area contributed by atoms with Crippen molar-refractivity contribution < 1.29 is 22.5 Å². The molecule has 2 N–H and O–H groups in total. The second-order valence-electron chi connectivity index (χ2n) is 9.95. The van der Waals surface area contributed by atoms with Gasteiger partial charge in [-0.3, -0.25) is 10.2 Å². The number of urea groups is 1. The minimum Gasteiger partial charge on any atom is -0.491 e. The number of hydrogen-bond acceptors (Lipinski definition) is 8. The van der Waals surface area contributed by atoms with Crippen LogP contribution >= 0.6 is 0 Å². The van der Waals surface area contributed by atoms with Gasteiger partial charge in [-0.1, -0.05) is 31.8 Å². The SMILES string of the molecule is CC(C)(C)c1cc(NC(=O)Nc2ccc(C#Cc3ccc(OCCN4CCS(=O)(=O)CC4)cn3)cc2)no1. The van der Waals surface area contributed by atoms with E-state index in [1.165, 1.54) is 0 Å². The number of aromatic nitrogens is 2. The molecule has 2 amide bonds. The van der Waals surface area contributed by atoms with Gasteiger partial charge in [0.05, 0.1) is 17.7 Å². The third kappa shape index (κ3) is 8.06. The van der Waals surface area contributed by atoms with Crippen molar-refractivity contribution >= 4 is 27.4 Å². The van der Waals surface area contributed by atoms with Crippen LogP contribution in [0, 0.1) is 11.8 Å². The highest BCUT2D eigenvalue weighted by Crippen LogP contribution is 2.24. The molecule has 0 bridgehead atoms. The Morgan fingerprint density at radius 1 is 1.08 bits per heavy atom. The van der Waals surface area contributed by atoms with E-state index < -0.39 is 15.9 Å². The topological polar surface area (TPSA) is 127 Å². The van der Waals surface area contributed by atoms with Crippen LogP contribution < -0.4 is 15.4 Å². The number of rotatable bonds is 6. The van der Waals surface area contributed by atoms with Gasteiger partial charge in [-0.05, 0) is 42.3 Å². The Hall–Kier alpha value is -3.88. The predicted octanol–water partition coefficient (Wildman–Crippen LogP) is 3.52. The Balaban J connectivity index is 1.22. The number of carbonyl (C=O) groups is 1. The average Bonchev–Trinajstić information content (AvgIpc) is 3.34. The molecule has 3 aromatic rings. The minimum atomic E-state index is -2.87. The zero-order valence-corrected chi connectivity index (χ0v) is 22.5. The lowest BCUT2D eigenvalue weighted by Crippen LogP contribution is -2.42. The molecule has 1 aromatic carbocycles. The first-order valence-corrected chi connectivity index (χ1v) is 14.1. The summed E-state index contributed by atoms with van der Waals surface area (Å²) in [6.45, 7) is 8.22. The number of amides is 2. The van der Waals surface area contributed by atoms with Crippen LogP contribution in [0.25, 0.3) is 0 Å². The number of nitrogens with one attached hydrogen (secondary N) is 2. The monoisotopic (exact) mass is 537 g/mol. The van der Waals surface area contributed by atoms with Crippen molar-refractivity contribution in [2.45, 2.75) is 26.2 Å². The van der Waals surface area contributed by atoms with Crippen LogP contribution in [-0.2, 0) is 15.3 Å². The molecule has 1 aliphatic heterocycles. The molecule has 1 saturated heterocycles. The summed E-state index contributed by atoms with van der Waals surface area (Å²) in [7, 11) is -2.87. The predicted molar refractivity (Wildman–Crippen MR) is 145 cm³/mol. The molecule has 0 spiro atoms. The van der Waals surface area contributed by atoms with E-state index in [-0.39, 0.29) is 16.9 Å². The highest BCUT2D eigenvalue weighted by Gasteiger charge is 2.21. The van der Waals surface area contributed by atoms with Gasteiger partial charge in [-0.2, -0.15) is 0 Å². The van der Waals surface area contributed by atoms with Crippen molar-refractivity contribution in [2.75, 3.05) is 48.4 Å². The van der Waals surface area contributed by atoms with E-state index in [2.05, 4.69) is 37.5 Å². The second kappa shape index (κ2) is 11.7. The quantitative estimate of drug-likeness (QED) is 0.458. The summed E-state index contributed by atoms with van der Waals surface area (Å²) in [6.07, 6.45) is 1.62. The van der Waals surface area contributed by atoms with Crippen molar-refractivity contribution in [3.63, 3.8) is 0 Å². The highest BCUT2D eigenvalue weighted by atomic mass is 32.2. The zero-order chi connectivity index (χ0) is 27.2. The van der Waals surface area contributed by atoms with Crippen molar-refractivity contribution in [1.82, 2.24) is 15.0 Å². The van der Waals surface area contributed by atoms with Gasteiger partial charge < -0.3 is 14.6 Å². The van der Waals surface area contributed by atoms with Crippen LogP contribution in [0.3, 0.4) is 0 Å². The molecule has 38 heavy (non-hydrogen) atoms. The molecule has 2 aromatic heterocycles. The molecule has 10 nitrogen and oxygen atoms in total. The van der Waals surface area contributed by atoms with Gasteiger partial charge in [0.25, 0.3) is 0 Å². The van der Waals surface area contributed by atoms with Gasteiger partial charge in [0.2, 0.25) is 0 Å². The van der Waals surface area contributed by atoms with E-state index in [0.29, 0.717) is 55.0 Å². The molecule has 1 aliphatic rings. The van der Waals surface area contributed by atoms with Crippen LogP contribution in [0.4, 0.5) is 16.3 Å². The minimum absolute atomic E-state index is 0.200. The molecule has 0 unspecified atom stereocenters. The van der Waals surface area contributed by atoms with Crippen molar-refractivity contribution in [3.8, 4) is 17.6 Å². The van der Waals surface area contributed by atoms with E-state index in [9.17, 15) is 13.2 Å². The van der Waals surface area contributed by atoms with Crippen LogP contribution in [-0.4, -0.2) is 67.2 Å². The van der Waals surface area contributed by atoms with Gasteiger partial charge in [0.15, 0.2) is 15.7 Å². The summed E-state index contributed by atoms with van der Waals surface area (Å²) in [4.78, 5) is 18.7.